The third-order valence-corrected chi connectivity index (χ3v) is 5.38. The average Bonchev–Trinajstić information content (AvgIpc) is 2.97. The third kappa shape index (κ3) is 3.36. The number of anilines is 1. The molecule has 1 saturated heterocycles. The number of nitrogens with zero attached hydrogens (tertiary/aromatic N) is 1. The highest BCUT2D eigenvalue weighted by molar-refractivity contribution is 6.22. The van der Waals surface area contributed by atoms with E-state index in [1.165, 1.54) is 4.90 Å². The van der Waals surface area contributed by atoms with Gasteiger partial charge in [-0.05, 0) is 44.0 Å². The number of imide groups is 1. The zero-order valence-corrected chi connectivity index (χ0v) is 15.6. The van der Waals surface area contributed by atoms with Crippen molar-refractivity contribution in [3.63, 3.8) is 0 Å². The first-order valence-electron chi connectivity index (χ1n) is 9.39. The summed E-state index contributed by atoms with van der Waals surface area (Å²) in [5, 5.41) is 0. The summed E-state index contributed by atoms with van der Waals surface area (Å²) in [4.78, 5) is 38.9. The van der Waals surface area contributed by atoms with E-state index in [-0.39, 0.29) is 36.0 Å². The van der Waals surface area contributed by atoms with Gasteiger partial charge in [0, 0.05) is 5.56 Å². The summed E-state index contributed by atoms with van der Waals surface area (Å²) in [5.74, 6) is -0.363. The van der Waals surface area contributed by atoms with E-state index in [0.29, 0.717) is 29.8 Å². The number of allylic oxidation sites excluding steroid dienone is 2. The number of rotatable bonds is 5. The molecule has 1 fully saturated rings. The Bertz CT molecular complexity index is 946. The van der Waals surface area contributed by atoms with Gasteiger partial charge in [0.25, 0.3) is 0 Å². The van der Waals surface area contributed by atoms with Crippen LogP contribution in [0.15, 0.2) is 66.2 Å². The lowest BCUT2D eigenvalue weighted by Gasteiger charge is -2.18. The Labute approximate surface area is 163 Å². The van der Waals surface area contributed by atoms with Crippen molar-refractivity contribution >= 4 is 23.3 Å². The number of benzene rings is 2. The zero-order valence-electron chi connectivity index (χ0n) is 15.6. The highest BCUT2D eigenvalue weighted by Gasteiger charge is 2.48. The maximum absolute atomic E-state index is 12.8. The predicted octanol–water partition coefficient (Wildman–Crippen LogP) is 3.79. The van der Waals surface area contributed by atoms with E-state index in [1.807, 2.05) is 13.0 Å². The normalized spacial score (nSPS) is 21.3. The van der Waals surface area contributed by atoms with Crippen LogP contribution in [0, 0.1) is 11.8 Å². The molecule has 2 atom stereocenters. The van der Waals surface area contributed by atoms with E-state index >= 15 is 0 Å². The van der Waals surface area contributed by atoms with Crippen LogP contribution >= 0.6 is 0 Å². The smallest absolute Gasteiger partial charge is 0.238 e. The summed E-state index contributed by atoms with van der Waals surface area (Å²) in [6.45, 7) is 1.93. The minimum Gasteiger partial charge on any atom is -0.485 e. The molecule has 2 aliphatic rings. The standard InChI is InChI=1S/C23H21NO4/c1-15-7-12-19-20(13-15)23(27)24(22(19)26)17-8-10-18(11-9-17)28-14-21(25)16-5-3-2-4-6-16/h2-11,19-20H,12-14H2,1H3. The van der Waals surface area contributed by atoms with Gasteiger partial charge in [0.15, 0.2) is 12.4 Å². The number of carbonyl (C=O) groups excluding carboxylic acids is 3. The molecule has 0 N–H and O–H groups in total. The number of fused-ring (bicyclic) bond motifs is 1. The van der Waals surface area contributed by atoms with Crippen LogP contribution in [-0.2, 0) is 9.59 Å². The molecule has 5 heteroatoms. The third-order valence-electron chi connectivity index (χ3n) is 5.38. The highest BCUT2D eigenvalue weighted by atomic mass is 16.5. The van der Waals surface area contributed by atoms with E-state index in [4.69, 9.17) is 4.74 Å². The van der Waals surface area contributed by atoms with Crippen LogP contribution < -0.4 is 9.64 Å². The van der Waals surface area contributed by atoms with Crippen molar-refractivity contribution in [2.75, 3.05) is 11.5 Å². The molecule has 142 valence electrons. The van der Waals surface area contributed by atoms with Gasteiger partial charge < -0.3 is 4.74 Å². The van der Waals surface area contributed by atoms with Gasteiger partial charge in [-0.2, -0.15) is 0 Å². The summed E-state index contributed by atoms with van der Waals surface area (Å²) in [5.41, 5.74) is 2.30. The Morgan fingerprint density at radius 2 is 1.68 bits per heavy atom. The van der Waals surface area contributed by atoms with Crippen molar-refractivity contribution in [1.29, 1.82) is 0 Å². The Hall–Kier alpha value is -3.21. The molecular formula is C23H21NO4. The molecule has 0 spiro atoms. The lowest BCUT2D eigenvalue weighted by Crippen LogP contribution is -2.30. The first kappa shape index (κ1) is 18.2. The maximum Gasteiger partial charge on any atom is 0.238 e. The van der Waals surface area contributed by atoms with Gasteiger partial charge in [0.1, 0.15) is 5.75 Å². The molecule has 2 unspecified atom stereocenters. The maximum atomic E-state index is 12.8. The molecule has 2 aromatic rings. The average molecular weight is 375 g/mol. The van der Waals surface area contributed by atoms with Crippen LogP contribution in [0.3, 0.4) is 0 Å². The molecule has 1 heterocycles. The van der Waals surface area contributed by atoms with Crippen LogP contribution in [0.4, 0.5) is 5.69 Å². The second kappa shape index (κ2) is 7.43. The number of hydrogen-bond acceptors (Lipinski definition) is 4. The topological polar surface area (TPSA) is 63.7 Å². The summed E-state index contributed by atoms with van der Waals surface area (Å²) in [7, 11) is 0. The molecule has 1 aliphatic carbocycles. The fourth-order valence-corrected chi connectivity index (χ4v) is 3.84. The number of amides is 2. The van der Waals surface area contributed by atoms with E-state index in [9.17, 15) is 14.4 Å². The van der Waals surface area contributed by atoms with Gasteiger partial charge >= 0.3 is 0 Å². The molecule has 0 saturated carbocycles. The first-order valence-corrected chi connectivity index (χ1v) is 9.39. The van der Waals surface area contributed by atoms with Gasteiger partial charge in [-0.1, -0.05) is 42.0 Å². The molecule has 4 rings (SSSR count). The highest BCUT2D eigenvalue weighted by Crippen LogP contribution is 2.39. The zero-order chi connectivity index (χ0) is 19.7. The van der Waals surface area contributed by atoms with Crippen LogP contribution in [0.2, 0.25) is 0 Å². The summed E-state index contributed by atoms with van der Waals surface area (Å²) in [6.07, 6.45) is 3.32. The van der Waals surface area contributed by atoms with Crippen LogP contribution in [0.1, 0.15) is 30.1 Å². The van der Waals surface area contributed by atoms with Gasteiger partial charge in [-0.3, -0.25) is 19.3 Å². The van der Waals surface area contributed by atoms with Crippen molar-refractivity contribution < 1.29 is 19.1 Å². The predicted molar refractivity (Wildman–Crippen MR) is 105 cm³/mol. The Morgan fingerprint density at radius 1 is 1.00 bits per heavy atom. The van der Waals surface area contributed by atoms with E-state index < -0.39 is 0 Å². The first-order chi connectivity index (χ1) is 13.5. The van der Waals surface area contributed by atoms with E-state index in [1.54, 1.807) is 48.5 Å². The molecular weight excluding hydrogens is 354 g/mol. The largest absolute Gasteiger partial charge is 0.485 e. The summed E-state index contributed by atoms with van der Waals surface area (Å²) < 4.78 is 5.56. The number of ketones is 1. The molecule has 1 aliphatic heterocycles. The second-order valence-corrected chi connectivity index (χ2v) is 7.29. The number of ether oxygens (including phenoxy) is 1. The molecule has 2 amide bonds. The van der Waals surface area contributed by atoms with Crippen molar-refractivity contribution in [3.8, 4) is 5.75 Å². The van der Waals surface area contributed by atoms with Crippen LogP contribution in [0.25, 0.3) is 0 Å². The summed E-state index contributed by atoms with van der Waals surface area (Å²) >= 11 is 0. The minimum atomic E-state index is -0.254. The van der Waals surface area contributed by atoms with Gasteiger partial charge in [-0.15, -0.1) is 0 Å². The van der Waals surface area contributed by atoms with E-state index in [0.717, 1.165) is 5.57 Å². The van der Waals surface area contributed by atoms with Crippen molar-refractivity contribution in [2.45, 2.75) is 19.8 Å². The fraction of sp³-hybridized carbons (Fsp3) is 0.261. The Balaban J connectivity index is 1.43. The quantitative estimate of drug-likeness (QED) is 0.453. The van der Waals surface area contributed by atoms with Crippen molar-refractivity contribution in [2.24, 2.45) is 11.8 Å². The van der Waals surface area contributed by atoms with Gasteiger partial charge in [0.2, 0.25) is 11.8 Å². The monoisotopic (exact) mass is 375 g/mol. The SMILES string of the molecule is CC1=CCC2C(=O)N(c3ccc(OCC(=O)c4ccccc4)cc3)C(=O)C2C1. The van der Waals surface area contributed by atoms with Gasteiger partial charge in [-0.25, -0.2) is 0 Å². The van der Waals surface area contributed by atoms with Crippen LogP contribution in [-0.4, -0.2) is 24.2 Å². The number of Topliss-reactive ketones (excluding diaryl/α,β-unsaturated/α-hetero) is 1. The molecule has 0 radical (unpaired) electrons. The molecule has 0 bridgehead atoms. The molecule has 28 heavy (non-hydrogen) atoms. The Kier molecular flexibility index (Phi) is 4.82. The lowest BCUT2D eigenvalue weighted by atomic mass is 9.82. The molecule has 0 aromatic heterocycles. The second-order valence-electron chi connectivity index (χ2n) is 7.29. The fourth-order valence-electron chi connectivity index (χ4n) is 3.84. The number of carbonyl (C=O) groups is 3. The summed E-state index contributed by atoms with van der Waals surface area (Å²) in [6, 6.07) is 15.7. The van der Waals surface area contributed by atoms with Crippen molar-refractivity contribution in [1.82, 2.24) is 0 Å². The van der Waals surface area contributed by atoms with Crippen molar-refractivity contribution in [3.05, 3.63) is 71.8 Å². The molecule has 5 nitrogen and oxygen atoms in total. The Morgan fingerprint density at radius 3 is 2.39 bits per heavy atom. The molecule has 2 aromatic carbocycles. The van der Waals surface area contributed by atoms with Gasteiger partial charge in [0.05, 0.1) is 17.5 Å². The minimum absolute atomic E-state index is 0.0694. The lowest BCUT2D eigenvalue weighted by molar-refractivity contribution is -0.122. The number of hydrogen-bond donors (Lipinski definition) is 0. The van der Waals surface area contributed by atoms with E-state index in [2.05, 4.69) is 6.08 Å². The van der Waals surface area contributed by atoms with Crippen LogP contribution in [0.5, 0.6) is 5.75 Å².